The van der Waals surface area contributed by atoms with E-state index >= 15 is 0 Å². The maximum absolute atomic E-state index is 13.1. The molecule has 19 heteroatoms. The number of hydrogen-bond acceptors (Lipinski definition) is 15. The van der Waals surface area contributed by atoms with E-state index in [1.54, 1.807) is 0 Å². The number of hydrogen-bond donors (Lipinski definition) is 3. The summed E-state index contributed by atoms with van der Waals surface area (Å²) in [6, 6.07) is 0. The predicted molar refractivity (Wildman–Crippen MR) is 405 cm³/mol. The van der Waals surface area contributed by atoms with Crippen molar-refractivity contribution in [3.05, 3.63) is 0 Å². The molecule has 0 aliphatic heterocycles. The molecule has 0 aromatic heterocycles. The maximum Gasteiger partial charge on any atom is 0.472 e. The summed E-state index contributed by atoms with van der Waals surface area (Å²) < 4.78 is 68.5. The zero-order chi connectivity index (χ0) is 72.7. The molecular formula is C80H156O17P2. The fourth-order valence-corrected chi connectivity index (χ4v) is 14.0. The van der Waals surface area contributed by atoms with Gasteiger partial charge in [-0.25, -0.2) is 9.13 Å². The largest absolute Gasteiger partial charge is 0.472 e. The van der Waals surface area contributed by atoms with Gasteiger partial charge in [0.05, 0.1) is 26.4 Å². The van der Waals surface area contributed by atoms with Gasteiger partial charge in [0.25, 0.3) is 0 Å². The van der Waals surface area contributed by atoms with Crippen LogP contribution in [0.25, 0.3) is 0 Å². The van der Waals surface area contributed by atoms with Crippen molar-refractivity contribution >= 4 is 39.5 Å². The summed E-state index contributed by atoms with van der Waals surface area (Å²) in [5.41, 5.74) is 0. The molecule has 0 aromatic carbocycles. The molecule has 0 saturated heterocycles. The SMILES string of the molecule is CCCCCCCCCCCCCCCCCCCCCCCCC(=O)O[C@H](COC(=O)CCCCCCCCCCCCCCCCC(C)CC)COP(=O)(O)OC[C@@H](O)COP(=O)(O)OC[C@@H](COC(=O)CCCCCCCCCC)OC(=O)CCCCCCCCCCCCC. The monoisotopic (exact) mass is 1450 g/mol. The highest BCUT2D eigenvalue weighted by Crippen LogP contribution is 2.45. The van der Waals surface area contributed by atoms with Crippen molar-refractivity contribution in [2.45, 2.75) is 445 Å². The third kappa shape index (κ3) is 72.8. The van der Waals surface area contributed by atoms with Crippen LogP contribution in [-0.2, 0) is 65.4 Å². The molecule has 3 unspecified atom stereocenters. The number of phosphoric ester groups is 2. The van der Waals surface area contributed by atoms with Crippen LogP contribution in [0.5, 0.6) is 0 Å². The number of carbonyl (C=O) groups is 4. The van der Waals surface area contributed by atoms with E-state index in [0.717, 1.165) is 102 Å². The van der Waals surface area contributed by atoms with Crippen molar-refractivity contribution in [2.75, 3.05) is 39.6 Å². The van der Waals surface area contributed by atoms with Gasteiger partial charge in [0.1, 0.15) is 19.3 Å². The minimum atomic E-state index is -4.96. The van der Waals surface area contributed by atoms with Crippen LogP contribution in [0.15, 0.2) is 0 Å². The summed E-state index contributed by atoms with van der Waals surface area (Å²) in [4.78, 5) is 72.8. The first-order chi connectivity index (χ1) is 48.1. The molecule has 0 saturated carbocycles. The molecule has 0 radical (unpaired) electrons. The number of aliphatic hydroxyl groups excluding tert-OH is 1. The second kappa shape index (κ2) is 73.0. The van der Waals surface area contributed by atoms with Gasteiger partial charge in [0.15, 0.2) is 12.2 Å². The first-order valence-corrected chi connectivity index (χ1v) is 44.7. The van der Waals surface area contributed by atoms with Gasteiger partial charge in [-0.2, -0.15) is 0 Å². The lowest BCUT2D eigenvalue weighted by atomic mass is 9.99. The first-order valence-electron chi connectivity index (χ1n) is 41.7. The van der Waals surface area contributed by atoms with E-state index in [0.29, 0.717) is 25.7 Å². The predicted octanol–water partition coefficient (Wildman–Crippen LogP) is 24.0. The van der Waals surface area contributed by atoms with E-state index in [-0.39, 0.29) is 25.7 Å². The van der Waals surface area contributed by atoms with E-state index in [4.69, 9.17) is 37.0 Å². The van der Waals surface area contributed by atoms with Gasteiger partial charge >= 0.3 is 39.5 Å². The summed E-state index contributed by atoms with van der Waals surface area (Å²) in [7, 11) is -9.91. The number of rotatable bonds is 80. The van der Waals surface area contributed by atoms with E-state index < -0.39 is 97.5 Å². The molecule has 3 N–H and O–H groups in total. The number of unbranched alkanes of at least 4 members (excludes halogenated alkanes) is 51. The summed E-state index contributed by atoms with van der Waals surface area (Å²) in [6.07, 6.45) is 64.0. The van der Waals surface area contributed by atoms with Gasteiger partial charge in [-0.1, -0.05) is 375 Å². The van der Waals surface area contributed by atoms with E-state index in [9.17, 15) is 43.2 Å². The molecule has 0 bridgehead atoms. The second-order valence-corrected chi connectivity index (χ2v) is 32.0. The Balaban J connectivity index is 5.16. The van der Waals surface area contributed by atoms with Crippen molar-refractivity contribution in [1.82, 2.24) is 0 Å². The van der Waals surface area contributed by atoms with Crippen molar-refractivity contribution in [3.8, 4) is 0 Å². The van der Waals surface area contributed by atoms with E-state index in [1.165, 1.54) is 244 Å². The van der Waals surface area contributed by atoms with Crippen LogP contribution in [0.4, 0.5) is 0 Å². The quantitative estimate of drug-likeness (QED) is 0.0222. The Morgan fingerprint density at radius 2 is 0.485 bits per heavy atom. The smallest absolute Gasteiger partial charge is 0.462 e. The van der Waals surface area contributed by atoms with E-state index in [1.807, 2.05) is 0 Å². The zero-order valence-corrected chi connectivity index (χ0v) is 66.4. The van der Waals surface area contributed by atoms with Gasteiger partial charge in [-0.15, -0.1) is 0 Å². The zero-order valence-electron chi connectivity index (χ0n) is 64.6. The lowest BCUT2D eigenvalue weighted by Gasteiger charge is -2.21. The van der Waals surface area contributed by atoms with Gasteiger partial charge in [-0.05, 0) is 31.6 Å². The Kier molecular flexibility index (Phi) is 71.6. The molecule has 0 heterocycles. The topological polar surface area (TPSA) is 237 Å². The first kappa shape index (κ1) is 97.1. The van der Waals surface area contributed by atoms with Gasteiger partial charge in [0.2, 0.25) is 0 Å². The van der Waals surface area contributed by atoms with Crippen molar-refractivity contribution in [1.29, 1.82) is 0 Å². The summed E-state index contributed by atoms with van der Waals surface area (Å²) in [6.45, 7) is 7.34. The normalized spacial score (nSPS) is 14.1. The second-order valence-electron chi connectivity index (χ2n) is 29.1. The van der Waals surface area contributed by atoms with E-state index in [2.05, 4.69) is 34.6 Å². The number of aliphatic hydroxyl groups is 1. The highest BCUT2D eigenvalue weighted by molar-refractivity contribution is 7.47. The fraction of sp³-hybridized carbons (Fsp3) is 0.950. The molecule has 0 aromatic rings. The highest BCUT2D eigenvalue weighted by Gasteiger charge is 2.30. The molecule has 0 aliphatic rings. The number of ether oxygens (including phenoxy) is 4. The summed E-state index contributed by atoms with van der Waals surface area (Å²) >= 11 is 0. The minimum absolute atomic E-state index is 0.107. The number of esters is 4. The molecule has 588 valence electrons. The Bertz CT molecular complexity index is 1890. The third-order valence-corrected chi connectivity index (χ3v) is 21.0. The van der Waals surface area contributed by atoms with Crippen molar-refractivity contribution < 1.29 is 80.2 Å². The Morgan fingerprint density at radius 1 is 0.283 bits per heavy atom. The minimum Gasteiger partial charge on any atom is -0.462 e. The van der Waals surface area contributed by atoms with Gasteiger partial charge < -0.3 is 33.8 Å². The van der Waals surface area contributed by atoms with Crippen LogP contribution in [0.3, 0.4) is 0 Å². The average molecular weight is 1450 g/mol. The maximum atomic E-state index is 13.1. The van der Waals surface area contributed by atoms with Crippen LogP contribution in [0, 0.1) is 5.92 Å². The molecule has 6 atom stereocenters. The lowest BCUT2D eigenvalue weighted by molar-refractivity contribution is -0.161. The fourth-order valence-electron chi connectivity index (χ4n) is 12.4. The Hall–Kier alpha value is -1.94. The summed E-state index contributed by atoms with van der Waals surface area (Å²) in [5.74, 6) is -1.26. The van der Waals surface area contributed by atoms with Crippen LogP contribution in [-0.4, -0.2) is 96.7 Å². The molecule has 0 fully saturated rings. The van der Waals surface area contributed by atoms with Crippen LogP contribution in [0.2, 0.25) is 0 Å². The van der Waals surface area contributed by atoms with Crippen molar-refractivity contribution in [2.24, 2.45) is 5.92 Å². The standard InChI is InChI=1S/C80H156O17P2/c1-6-10-13-16-19-22-24-25-26-27-28-29-30-31-32-33-38-42-46-51-56-61-66-80(85)97-76(70-91-78(83)64-59-54-49-44-41-37-35-34-36-40-43-47-52-57-62-73(5)9-4)72-95-99(88,89)93-68-74(81)67-92-98(86,87)94-71-75(69-90-77(82)63-58-53-48-21-18-15-12-8-3)96-79(84)65-60-55-50-45-39-23-20-17-14-11-7-2/h73-76,81H,6-72H2,1-5H3,(H,86,87)(H,88,89)/t73?,74-,75+,76+/m0/s1. The number of phosphoric acid groups is 2. The van der Waals surface area contributed by atoms with Gasteiger partial charge in [0, 0.05) is 25.7 Å². The van der Waals surface area contributed by atoms with Crippen LogP contribution in [0.1, 0.15) is 426 Å². The van der Waals surface area contributed by atoms with Crippen molar-refractivity contribution in [3.63, 3.8) is 0 Å². The molecule has 17 nitrogen and oxygen atoms in total. The number of carbonyl (C=O) groups excluding carboxylic acids is 4. The van der Waals surface area contributed by atoms with Gasteiger partial charge in [-0.3, -0.25) is 37.3 Å². The Labute approximate surface area is 607 Å². The van der Waals surface area contributed by atoms with Crippen LogP contribution < -0.4 is 0 Å². The molecule has 0 amide bonds. The Morgan fingerprint density at radius 3 is 0.717 bits per heavy atom. The lowest BCUT2D eigenvalue weighted by Crippen LogP contribution is -2.30. The van der Waals surface area contributed by atoms with Crippen LogP contribution >= 0.6 is 15.6 Å². The molecule has 0 spiro atoms. The molecule has 0 rings (SSSR count). The molecule has 0 aliphatic carbocycles. The highest BCUT2D eigenvalue weighted by atomic mass is 31.2. The molecular weight excluding hydrogens is 1290 g/mol. The third-order valence-electron chi connectivity index (χ3n) is 19.1. The summed E-state index contributed by atoms with van der Waals surface area (Å²) in [5, 5.41) is 10.6. The molecule has 99 heavy (non-hydrogen) atoms. The average Bonchev–Trinajstić information content (AvgIpc) is 1.11.